The van der Waals surface area contributed by atoms with Crippen LogP contribution in [-0.2, 0) is 17.7 Å². The molecule has 0 saturated carbocycles. The summed E-state index contributed by atoms with van der Waals surface area (Å²) in [5.41, 5.74) is 12.0. The van der Waals surface area contributed by atoms with Crippen LogP contribution in [0.25, 0.3) is 22.9 Å². The van der Waals surface area contributed by atoms with Gasteiger partial charge >= 0.3 is 0 Å². The number of pyridine rings is 1. The third-order valence-electron chi connectivity index (χ3n) is 4.66. The number of fused-ring (bicyclic) bond motifs is 1. The molecule has 3 aromatic rings. The Hall–Kier alpha value is -2.77. The van der Waals surface area contributed by atoms with Crippen LogP contribution in [0.1, 0.15) is 30.8 Å². The highest BCUT2D eigenvalue weighted by atomic mass is 16.5. The zero-order chi connectivity index (χ0) is 20.1. The number of allylic oxidation sites excluding steroid dienone is 1. The van der Waals surface area contributed by atoms with Gasteiger partial charge in [0.15, 0.2) is 5.65 Å². The van der Waals surface area contributed by atoms with E-state index in [1.165, 1.54) is 0 Å². The molecule has 148 valence electrons. The number of methoxy groups -OCH3 is 1. The molecule has 3 heterocycles. The second-order valence-electron chi connectivity index (χ2n) is 6.81. The Labute approximate surface area is 165 Å². The maximum absolute atomic E-state index is 6.24. The van der Waals surface area contributed by atoms with Crippen LogP contribution >= 0.6 is 0 Å². The van der Waals surface area contributed by atoms with Crippen LogP contribution in [0.15, 0.2) is 30.6 Å². The van der Waals surface area contributed by atoms with Crippen molar-refractivity contribution in [1.82, 2.24) is 24.5 Å². The maximum atomic E-state index is 6.24. The van der Waals surface area contributed by atoms with Gasteiger partial charge in [-0.05, 0) is 32.0 Å². The fourth-order valence-electron chi connectivity index (χ4n) is 3.20. The smallest absolute Gasteiger partial charge is 0.165 e. The van der Waals surface area contributed by atoms with Gasteiger partial charge in [-0.3, -0.25) is 9.88 Å². The summed E-state index contributed by atoms with van der Waals surface area (Å²) in [5.74, 6) is 0.568. The molecule has 0 atom stereocenters. The zero-order valence-electron chi connectivity index (χ0n) is 17.0. The Morgan fingerprint density at radius 2 is 2.11 bits per heavy atom. The maximum Gasteiger partial charge on any atom is 0.165 e. The highest BCUT2D eigenvalue weighted by Gasteiger charge is 2.14. The SMILES string of the molecule is C/C=C\c1cc(-c2cnn3c(N)cc(CN(C)CCOC)nc23)cnc1CC. The number of rotatable bonds is 8. The van der Waals surface area contributed by atoms with Crippen molar-refractivity contribution in [2.75, 3.05) is 33.0 Å². The first-order chi connectivity index (χ1) is 13.6. The first-order valence-electron chi connectivity index (χ1n) is 9.50. The first-order valence-corrected chi connectivity index (χ1v) is 9.50. The lowest BCUT2D eigenvalue weighted by molar-refractivity contribution is 0.158. The van der Waals surface area contributed by atoms with Gasteiger partial charge in [-0.1, -0.05) is 19.1 Å². The van der Waals surface area contributed by atoms with E-state index in [1.54, 1.807) is 17.8 Å². The summed E-state index contributed by atoms with van der Waals surface area (Å²) in [7, 11) is 3.74. The van der Waals surface area contributed by atoms with Gasteiger partial charge in [-0.2, -0.15) is 9.61 Å². The molecule has 3 rings (SSSR count). The highest BCUT2D eigenvalue weighted by Crippen LogP contribution is 2.27. The van der Waals surface area contributed by atoms with Crippen molar-refractivity contribution < 1.29 is 4.74 Å². The first kappa shape index (κ1) is 20.0. The number of aryl methyl sites for hydroxylation is 1. The van der Waals surface area contributed by atoms with Gasteiger partial charge < -0.3 is 10.5 Å². The summed E-state index contributed by atoms with van der Waals surface area (Å²) in [6.45, 7) is 6.31. The van der Waals surface area contributed by atoms with Crippen molar-refractivity contribution in [1.29, 1.82) is 0 Å². The number of hydrogen-bond acceptors (Lipinski definition) is 6. The van der Waals surface area contributed by atoms with E-state index in [-0.39, 0.29) is 0 Å². The van der Waals surface area contributed by atoms with E-state index in [1.807, 2.05) is 32.3 Å². The second-order valence-corrected chi connectivity index (χ2v) is 6.81. The van der Waals surface area contributed by atoms with Crippen LogP contribution in [0.5, 0.6) is 0 Å². The van der Waals surface area contributed by atoms with Gasteiger partial charge in [0.05, 0.1) is 18.5 Å². The fourth-order valence-corrected chi connectivity index (χ4v) is 3.20. The van der Waals surface area contributed by atoms with E-state index in [2.05, 4.69) is 34.0 Å². The van der Waals surface area contributed by atoms with E-state index in [9.17, 15) is 0 Å². The van der Waals surface area contributed by atoms with E-state index in [0.717, 1.165) is 46.7 Å². The number of hydrogen-bond donors (Lipinski definition) is 1. The molecule has 0 aromatic carbocycles. The molecule has 0 spiro atoms. The van der Waals surface area contributed by atoms with Gasteiger partial charge in [0.25, 0.3) is 0 Å². The van der Waals surface area contributed by atoms with Crippen molar-refractivity contribution in [2.24, 2.45) is 0 Å². The lowest BCUT2D eigenvalue weighted by Gasteiger charge is -2.16. The third kappa shape index (κ3) is 4.21. The van der Waals surface area contributed by atoms with Crippen molar-refractivity contribution in [2.45, 2.75) is 26.8 Å². The minimum Gasteiger partial charge on any atom is -0.384 e. The lowest BCUT2D eigenvalue weighted by atomic mass is 10.0. The van der Waals surface area contributed by atoms with E-state index < -0.39 is 0 Å². The molecule has 0 amide bonds. The monoisotopic (exact) mass is 380 g/mol. The normalized spacial score (nSPS) is 11.9. The average Bonchev–Trinajstić information content (AvgIpc) is 3.11. The van der Waals surface area contributed by atoms with Crippen LogP contribution in [0.3, 0.4) is 0 Å². The largest absolute Gasteiger partial charge is 0.384 e. The molecular formula is C21H28N6O. The summed E-state index contributed by atoms with van der Waals surface area (Å²) in [6.07, 6.45) is 8.69. The van der Waals surface area contributed by atoms with E-state index in [4.69, 9.17) is 15.5 Å². The molecule has 0 bridgehead atoms. The minimum absolute atomic E-state index is 0.568. The molecule has 7 heteroatoms. The Morgan fingerprint density at radius 1 is 1.29 bits per heavy atom. The van der Waals surface area contributed by atoms with Gasteiger partial charge in [0.2, 0.25) is 0 Å². The van der Waals surface area contributed by atoms with Crippen LogP contribution in [0, 0.1) is 0 Å². The van der Waals surface area contributed by atoms with Crippen molar-refractivity contribution >= 4 is 17.5 Å². The molecule has 0 saturated heterocycles. The van der Waals surface area contributed by atoms with Crippen molar-refractivity contribution in [3.05, 3.63) is 47.6 Å². The Bertz CT molecular complexity index is 978. The summed E-state index contributed by atoms with van der Waals surface area (Å²) in [5, 5.41) is 4.43. The van der Waals surface area contributed by atoms with Gasteiger partial charge in [0.1, 0.15) is 5.82 Å². The number of ether oxygens (including phenoxy) is 1. The summed E-state index contributed by atoms with van der Waals surface area (Å²) >= 11 is 0. The fraction of sp³-hybridized carbons (Fsp3) is 0.381. The molecule has 0 aliphatic rings. The van der Waals surface area contributed by atoms with Crippen LogP contribution in [0.4, 0.5) is 5.82 Å². The molecule has 0 fully saturated rings. The highest BCUT2D eigenvalue weighted by molar-refractivity contribution is 5.79. The molecule has 7 nitrogen and oxygen atoms in total. The van der Waals surface area contributed by atoms with Crippen molar-refractivity contribution in [3.63, 3.8) is 0 Å². The molecule has 3 aromatic heterocycles. The molecule has 0 aliphatic heterocycles. The third-order valence-corrected chi connectivity index (χ3v) is 4.66. The number of nitrogen functional groups attached to an aromatic ring is 1. The number of nitrogens with two attached hydrogens (primary N) is 1. The number of aromatic nitrogens is 4. The Morgan fingerprint density at radius 3 is 2.82 bits per heavy atom. The topological polar surface area (TPSA) is 81.6 Å². The van der Waals surface area contributed by atoms with Crippen LogP contribution < -0.4 is 5.73 Å². The second kappa shape index (κ2) is 8.95. The van der Waals surface area contributed by atoms with Crippen LogP contribution in [-0.4, -0.2) is 51.8 Å². The van der Waals surface area contributed by atoms with Crippen molar-refractivity contribution in [3.8, 4) is 11.1 Å². The molecular weight excluding hydrogens is 352 g/mol. The van der Waals surface area contributed by atoms with Gasteiger partial charge in [-0.25, -0.2) is 4.98 Å². The Kier molecular flexibility index (Phi) is 6.38. The molecule has 0 unspecified atom stereocenters. The predicted molar refractivity (Wildman–Crippen MR) is 113 cm³/mol. The predicted octanol–water partition coefficient (Wildman–Crippen LogP) is 3.05. The number of anilines is 1. The van der Waals surface area contributed by atoms with Gasteiger partial charge in [-0.15, -0.1) is 0 Å². The lowest BCUT2D eigenvalue weighted by Crippen LogP contribution is -2.23. The molecule has 2 N–H and O–H groups in total. The van der Waals surface area contributed by atoms with Crippen LogP contribution in [0.2, 0.25) is 0 Å². The number of nitrogens with zero attached hydrogens (tertiary/aromatic N) is 5. The standard InChI is InChI=1S/C21H28N6O/c1-5-7-15-10-16(12-23-19(15)6-2)18-13-24-27-20(22)11-17(25-21(18)27)14-26(3)8-9-28-4/h5,7,10-13H,6,8-9,14,22H2,1-4H3/b7-5-. The molecule has 28 heavy (non-hydrogen) atoms. The molecule has 0 aliphatic carbocycles. The quantitative estimate of drug-likeness (QED) is 0.647. The van der Waals surface area contributed by atoms with E-state index >= 15 is 0 Å². The average molecular weight is 380 g/mol. The summed E-state index contributed by atoms with van der Waals surface area (Å²) in [4.78, 5) is 11.6. The van der Waals surface area contributed by atoms with E-state index in [0.29, 0.717) is 19.0 Å². The van der Waals surface area contributed by atoms with Gasteiger partial charge in [0, 0.05) is 49.3 Å². The summed E-state index contributed by atoms with van der Waals surface area (Å²) in [6, 6.07) is 4.01. The summed E-state index contributed by atoms with van der Waals surface area (Å²) < 4.78 is 6.82. The zero-order valence-corrected chi connectivity index (χ0v) is 17.0. The number of likely N-dealkylation sites (N-methyl/N-ethyl adjacent to an activating group) is 1. The Balaban J connectivity index is 2.02. The molecule has 0 radical (unpaired) electrons. The minimum atomic E-state index is 0.568.